The minimum absolute atomic E-state index is 0.185. The van der Waals surface area contributed by atoms with E-state index in [4.69, 9.17) is 33.5 Å². The average molecular weight is 1290 g/mol. The molecule has 90 heavy (non-hydrogen) atoms. The molecule has 0 saturated carbocycles. The molecule has 0 aliphatic carbocycles. The summed E-state index contributed by atoms with van der Waals surface area (Å²) in [4.78, 5) is 42.4. The van der Waals surface area contributed by atoms with Crippen molar-refractivity contribution in [2.75, 3.05) is 158 Å². The van der Waals surface area contributed by atoms with Gasteiger partial charge in [-0.25, -0.2) is 13.4 Å². The molecule has 20 nitrogen and oxygen atoms in total. The number of rotatable bonds is 27. The Morgan fingerprint density at radius 2 is 1.16 bits per heavy atom. The van der Waals surface area contributed by atoms with Crippen molar-refractivity contribution in [3.05, 3.63) is 115 Å². The molecular weight excluding hydrogens is 1180 g/mol. The van der Waals surface area contributed by atoms with E-state index in [1.165, 1.54) is 75.6 Å². The number of isothiocyanates is 1. The van der Waals surface area contributed by atoms with Gasteiger partial charge in [0.15, 0.2) is 11.5 Å². The summed E-state index contributed by atoms with van der Waals surface area (Å²) in [5.41, 5.74) is 4.27. The Morgan fingerprint density at radius 1 is 0.644 bits per heavy atom. The highest BCUT2D eigenvalue weighted by atomic mass is 32.2. The van der Waals surface area contributed by atoms with E-state index in [-0.39, 0.29) is 12.5 Å². The number of hydrogen-bond donors (Lipinski definition) is 1. The first-order valence-corrected chi connectivity index (χ1v) is 33.5. The van der Waals surface area contributed by atoms with Crippen LogP contribution in [-0.4, -0.2) is 203 Å². The second-order valence-corrected chi connectivity index (χ2v) is 24.0. The predicted octanol–water partition coefficient (Wildman–Crippen LogP) is 11.4. The smallest absolute Gasteiger partial charge is 0.319 e. The van der Waals surface area contributed by atoms with Gasteiger partial charge in [0.05, 0.1) is 74.7 Å². The fourth-order valence-electron chi connectivity index (χ4n) is 9.63. The molecule has 22 heteroatoms. The van der Waals surface area contributed by atoms with Crippen LogP contribution in [0.2, 0.25) is 0 Å². The number of carbonyl (C=O) groups excluding carboxylic acids is 1. The number of sulfonamides is 1. The third kappa shape index (κ3) is 33.2. The molecule has 0 unspecified atom stereocenters. The quantitative estimate of drug-likeness (QED) is 0.0224. The molecule has 4 heterocycles. The van der Waals surface area contributed by atoms with Crippen molar-refractivity contribution in [2.45, 2.75) is 115 Å². The summed E-state index contributed by atoms with van der Waals surface area (Å²) in [6, 6.07) is 29.1. The number of esters is 1. The number of ether oxygens (including phenoxy) is 7. The second kappa shape index (κ2) is 48.6. The molecule has 2 aliphatic rings. The lowest BCUT2D eigenvalue weighted by Gasteiger charge is -2.33. The van der Waals surface area contributed by atoms with Crippen molar-refractivity contribution in [1.82, 2.24) is 24.1 Å². The molecule has 0 atom stereocenters. The Bertz CT molecular complexity index is 2800. The summed E-state index contributed by atoms with van der Waals surface area (Å²) in [5.74, 6) is 0.475. The van der Waals surface area contributed by atoms with Gasteiger partial charge in [-0.3, -0.25) is 29.4 Å². The average Bonchev–Trinajstić information content (AvgIpc) is 0.781. The first-order valence-electron chi connectivity index (χ1n) is 31.7. The van der Waals surface area contributed by atoms with Gasteiger partial charge in [-0.2, -0.15) is 4.31 Å². The molecule has 3 aromatic carbocycles. The Hall–Kier alpha value is -6.17. The zero-order chi connectivity index (χ0) is 65.5. The number of aliphatic imine (C=N–C) groups is 1. The molecule has 2 aliphatic heterocycles. The number of piperazine rings is 1. The number of carboxylic acid groups (broad SMARTS) is 1. The van der Waals surface area contributed by atoms with E-state index in [1.807, 2.05) is 122 Å². The molecule has 1 N–H and O–H groups in total. The first kappa shape index (κ1) is 78.1. The molecular formula is C68H104N8O12S2. The summed E-state index contributed by atoms with van der Waals surface area (Å²) >= 11 is 4.14. The van der Waals surface area contributed by atoms with E-state index in [0.29, 0.717) is 90.4 Å². The van der Waals surface area contributed by atoms with Crippen LogP contribution in [0.25, 0.3) is 10.8 Å². The normalized spacial score (nSPS) is 14.0. The van der Waals surface area contributed by atoms with E-state index >= 15 is 0 Å². The monoisotopic (exact) mass is 1290 g/mol. The summed E-state index contributed by atoms with van der Waals surface area (Å²) in [6.07, 6.45) is 20.2. The summed E-state index contributed by atoms with van der Waals surface area (Å²) in [6.45, 7) is 12.1. The van der Waals surface area contributed by atoms with Gasteiger partial charge in [-0.15, -0.1) is 0 Å². The number of anilines is 2. The van der Waals surface area contributed by atoms with Crippen LogP contribution in [0, 0.1) is 0 Å². The highest BCUT2D eigenvalue weighted by Crippen LogP contribution is 2.33. The highest BCUT2D eigenvalue weighted by Gasteiger charge is 2.30. The van der Waals surface area contributed by atoms with Crippen LogP contribution in [0.1, 0.15) is 108 Å². The number of aromatic nitrogens is 2. The third-order valence-electron chi connectivity index (χ3n) is 14.4. The molecule has 1 saturated heterocycles. The fraction of sp³-hybridized carbons (Fsp3) is 0.574. The van der Waals surface area contributed by atoms with E-state index in [9.17, 15) is 18.0 Å². The Kier molecular flexibility index (Phi) is 42.2. The van der Waals surface area contributed by atoms with E-state index < -0.39 is 16.0 Å². The van der Waals surface area contributed by atoms with Gasteiger partial charge in [0, 0.05) is 135 Å². The number of unbranched alkanes of at least 4 members (excludes halogenated alkanes) is 11. The van der Waals surface area contributed by atoms with Crippen LogP contribution in [0.4, 0.5) is 11.4 Å². The maximum Gasteiger partial charge on any atom is 0.319 e. The summed E-state index contributed by atoms with van der Waals surface area (Å²) < 4.78 is 65.6. The van der Waals surface area contributed by atoms with Crippen LogP contribution >= 0.6 is 12.2 Å². The van der Waals surface area contributed by atoms with E-state index in [0.717, 1.165) is 90.5 Å². The van der Waals surface area contributed by atoms with Gasteiger partial charge in [-0.1, -0.05) is 108 Å². The molecule has 7 rings (SSSR count). The minimum Gasteiger partial charge on any atom is -0.487 e. The van der Waals surface area contributed by atoms with Crippen LogP contribution in [0.15, 0.2) is 113 Å². The SMILES string of the molecule is CCCN(Cc1ccccn1)Cc1ccccn1.CN(C)c1ccc2c(c1)OCCOCCOCCOCCO2.CN=C=S.COC(=O)CN1CCN(S(=O)(=O)c2cccc3c(N(C)C)cccc23)CC1.COCCCCCCCCCCCCCCC(=O)O. The molecule has 0 amide bonds. The topological polar surface area (TPSA) is 207 Å². The Labute approximate surface area is 543 Å². The third-order valence-corrected chi connectivity index (χ3v) is 16.5. The summed E-state index contributed by atoms with van der Waals surface area (Å²) in [5, 5.41) is 12.3. The maximum absolute atomic E-state index is 13.3. The van der Waals surface area contributed by atoms with Gasteiger partial charge in [0.2, 0.25) is 10.0 Å². The van der Waals surface area contributed by atoms with Crippen molar-refractivity contribution in [2.24, 2.45) is 4.99 Å². The van der Waals surface area contributed by atoms with Crippen molar-refractivity contribution in [3.8, 4) is 11.5 Å². The molecule has 0 bridgehead atoms. The van der Waals surface area contributed by atoms with Gasteiger partial charge in [0.25, 0.3) is 0 Å². The molecule has 500 valence electrons. The van der Waals surface area contributed by atoms with Crippen LogP contribution in [-0.2, 0) is 56.4 Å². The predicted molar refractivity (Wildman–Crippen MR) is 363 cm³/mol. The zero-order valence-corrected chi connectivity index (χ0v) is 56.7. The number of hydrogen-bond acceptors (Lipinski definition) is 19. The van der Waals surface area contributed by atoms with Crippen LogP contribution in [0.5, 0.6) is 11.5 Å². The van der Waals surface area contributed by atoms with Crippen LogP contribution in [0.3, 0.4) is 0 Å². The molecule has 0 radical (unpaired) electrons. The number of pyridine rings is 2. The first-order chi connectivity index (χ1) is 43.7. The lowest BCUT2D eigenvalue weighted by Crippen LogP contribution is -2.49. The molecule has 0 spiro atoms. The van der Waals surface area contributed by atoms with E-state index in [2.05, 4.69) is 61.0 Å². The van der Waals surface area contributed by atoms with E-state index in [1.54, 1.807) is 26.3 Å². The van der Waals surface area contributed by atoms with Gasteiger partial charge < -0.3 is 48.1 Å². The number of nitrogens with zero attached hydrogens (tertiary/aromatic N) is 8. The Morgan fingerprint density at radius 3 is 1.63 bits per heavy atom. The lowest BCUT2D eigenvalue weighted by atomic mass is 10.0. The van der Waals surface area contributed by atoms with Gasteiger partial charge in [-0.05, 0) is 86.6 Å². The largest absolute Gasteiger partial charge is 0.487 e. The fourth-order valence-corrected chi connectivity index (χ4v) is 11.3. The number of thiocarbonyl (C=S) groups is 1. The Balaban J connectivity index is 0.000000311. The highest BCUT2D eigenvalue weighted by molar-refractivity contribution is 7.89. The lowest BCUT2D eigenvalue weighted by molar-refractivity contribution is -0.142. The minimum atomic E-state index is -3.62. The zero-order valence-electron chi connectivity index (χ0n) is 55.1. The second-order valence-electron chi connectivity index (χ2n) is 21.9. The number of carboxylic acids is 1. The number of benzene rings is 3. The number of methoxy groups -OCH3 is 2. The molecule has 5 aromatic rings. The van der Waals surface area contributed by atoms with Crippen molar-refractivity contribution in [1.29, 1.82) is 0 Å². The molecule has 2 aromatic heterocycles. The van der Waals surface area contributed by atoms with Crippen LogP contribution < -0.4 is 19.3 Å². The van der Waals surface area contributed by atoms with Crippen molar-refractivity contribution in [3.63, 3.8) is 0 Å². The summed E-state index contributed by atoms with van der Waals surface area (Å²) in [7, 11) is 8.96. The maximum atomic E-state index is 13.3. The van der Waals surface area contributed by atoms with Crippen molar-refractivity contribution >= 4 is 61.5 Å². The van der Waals surface area contributed by atoms with Crippen molar-refractivity contribution < 1.29 is 56.3 Å². The number of aliphatic carboxylic acids is 1. The van der Waals surface area contributed by atoms with Gasteiger partial charge in [0.1, 0.15) is 13.2 Å². The molecule has 1 fully saturated rings. The number of carbonyl (C=O) groups is 2. The number of fused-ring (bicyclic) bond motifs is 2. The standard InChI is InChI=1S/C19H25N3O4S.C16H25NO5.C16H32O3.C15H19N3.C2H3NS/c1-20(2)17-8-4-7-16-15(17)6-5-9-18(16)27(24,25)22-12-10-21(11-13-22)14-19(23)26-3;1-17(2)14-3-4-15-16(13-14)22-12-10-20-8-6-18-5-7-19-9-11-21-15;1-19-15-13-11-9-7-5-3-2-4-6-8-10-12-14-16(17)18;1-2-11-18(12-14-7-3-5-9-16-14)13-15-8-4-6-10-17-15;1-3-2-4/h4-9H,10-14H2,1-3H3;3-4,13H,5-12H2,1-2H3;2-15H2,1H3,(H,17,18);3-10H,2,11-13H2,1H3;1H3. The van der Waals surface area contributed by atoms with Gasteiger partial charge >= 0.3 is 11.9 Å².